The molecule has 9 nitrogen and oxygen atoms in total. The summed E-state index contributed by atoms with van der Waals surface area (Å²) >= 11 is 6.33. The molecule has 0 unspecified atom stereocenters. The lowest BCUT2D eigenvalue weighted by molar-refractivity contribution is -0.385. The number of methoxy groups -OCH3 is 1. The van der Waals surface area contributed by atoms with E-state index in [0.29, 0.717) is 55.1 Å². The number of pyridine rings is 1. The summed E-state index contributed by atoms with van der Waals surface area (Å²) in [6.45, 7) is 4.77. The molecule has 0 N–H and O–H groups in total. The van der Waals surface area contributed by atoms with Gasteiger partial charge in [0.25, 0.3) is 5.69 Å². The summed E-state index contributed by atoms with van der Waals surface area (Å²) in [5, 5.41) is 11.2. The van der Waals surface area contributed by atoms with E-state index in [1.807, 2.05) is 11.8 Å². The number of rotatable bonds is 8. The minimum absolute atomic E-state index is 0.0469. The molecule has 32 heavy (non-hydrogen) atoms. The van der Waals surface area contributed by atoms with Gasteiger partial charge in [-0.15, -0.1) is 0 Å². The van der Waals surface area contributed by atoms with Gasteiger partial charge in [0.15, 0.2) is 11.5 Å². The number of carbonyl (C=O) groups excluding carboxylic acids is 1. The molecule has 1 aromatic carbocycles. The summed E-state index contributed by atoms with van der Waals surface area (Å²) in [6, 6.07) is 6.57. The number of anilines is 1. The van der Waals surface area contributed by atoms with E-state index in [2.05, 4.69) is 4.98 Å². The number of piperazine rings is 1. The Bertz CT molecular complexity index is 989. The zero-order valence-electron chi connectivity index (χ0n) is 18.0. The van der Waals surface area contributed by atoms with E-state index in [1.54, 1.807) is 36.3 Å². The molecular formula is C22H25ClN4O5. The number of halogens is 1. The van der Waals surface area contributed by atoms with E-state index in [-0.39, 0.29) is 11.6 Å². The molecule has 0 bridgehead atoms. The first kappa shape index (κ1) is 23.3. The first-order chi connectivity index (χ1) is 15.4. The van der Waals surface area contributed by atoms with Crippen LogP contribution in [-0.4, -0.2) is 60.6 Å². The molecule has 0 radical (unpaired) electrons. The SMILES string of the molecule is CCCOc1c(Cl)cc(/C=C/C(=O)N2CCN(c3ccc([N+](=O)[O-])cn3)CC2)cc1OC. The fraction of sp³-hybridized carbons (Fsp3) is 0.364. The summed E-state index contributed by atoms with van der Waals surface area (Å²) in [5.74, 6) is 1.56. The molecule has 2 heterocycles. The second kappa shape index (κ2) is 10.8. The Kier molecular flexibility index (Phi) is 7.88. The molecule has 0 spiro atoms. The average molecular weight is 461 g/mol. The lowest BCUT2D eigenvalue weighted by Gasteiger charge is -2.34. The standard InChI is InChI=1S/C22H25ClN4O5/c1-3-12-32-22-18(23)13-16(14-19(22)31-2)4-7-21(28)26-10-8-25(9-11-26)20-6-5-17(15-24-20)27(29)30/h4-7,13-15H,3,8-12H2,1-2H3/b7-4+. The van der Waals surface area contributed by atoms with E-state index < -0.39 is 4.92 Å². The van der Waals surface area contributed by atoms with Gasteiger partial charge in [-0.2, -0.15) is 0 Å². The van der Waals surface area contributed by atoms with Gasteiger partial charge in [-0.25, -0.2) is 4.98 Å². The molecule has 1 amide bonds. The van der Waals surface area contributed by atoms with Gasteiger partial charge in [0.1, 0.15) is 12.0 Å². The van der Waals surface area contributed by atoms with Gasteiger partial charge in [0.2, 0.25) is 5.91 Å². The summed E-state index contributed by atoms with van der Waals surface area (Å²) in [4.78, 5) is 30.8. The van der Waals surface area contributed by atoms with Gasteiger partial charge in [0.05, 0.1) is 23.7 Å². The zero-order chi connectivity index (χ0) is 23.1. The van der Waals surface area contributed by atoms with Crippen LogP contribution in [-0.2, 0) is 4.79 Å². The van der Waals surface area contributed by atoms with E-state index in [9.17, 15) is 14.9 Å². The predicted molar refractivity (Wildman–Crippen MR) is 123 cm³/mol. The van der Waals surface area contributed by atoms with Crippen molar-refractivity contribution in [2.24, 2.45) is 0 Å². The average Bonchev–Trinajstić information content (AvgIpc) is 2.81. The Morgan fingerprint density at radius 2 is 2.03 bits per heavy atom. The van der Waals surface area contributed by atoms with Crippen LogP contribution < -0.4 is 14.4 Å². The van der Waals surface area contributed by atoms with Crippen LogP contribution in [0.25, 0.3) is 6.08 Å². The third kappa shape index (κ3) is 5.67. The second-order valence-corrected chi connectivity index (χ2v) is 7.57. The Labute approximate surface area is 191 Å². The molecule has 1 aliphatic rings. The summed E-state index contributed by atoms with van der Waals surface area (Å²) in [5.41, 5.74) is 0.687. The van der Waals surface area contributed by atoms with Gasteiger partial charge in [-0.05, 0) is 36.3 Å². The minimum Gasteiger partial charge on any atom is -0.493 e. The van der Waals surface area contributed by atoms with Gasteiger partial charge < -0.3 is 19.3 Å². The summed E-state index contributed by atoms with van der Waals surface area (Å²) in [6.07, 6.45) is 5.30. The molecule has 1 aliphatic heterocycles. The smallest absolute Gasteiger partial charge is 0.287 e. The molecule has 1 saturated heterocycles. The zero-order valence-corrected chi connectivity index (χ0v) is 18.7. The van der Waals surface area contributed by atoms with Crippen LogP contribution in [0.5, 0.6) is 11.5 Å². The molecule has 3 rings (SSSR count). The molecule has 1 aromatic heterocycles. The maximum absolute atomic E-state index is 12.6. The van der Waals surface area contributed by atoms with Gasteiger partial charge in [0, 0.05) is 38.3 Å². The minimum atomic E-state index is -0.478. The number of hydrogen-bond acceptors (Lipinski definition) is 7. The fourth-order valence-electron chi connectivity index (χ4n) is 3.28. The van der Waals surface area contributed by atoms with E-state index in [4.69, 9.17) is 21.1 Å². The molecular weight excluding hydrogens is 436 g/mol. The number of carbonyl (C=O) groups is 1. The van der Waals surface area contributed by atoms with Crippen molar-refractivity contribution in [1.29, 1.82) is 0 Å². The largest absolute Gasteiger partial charge is 0.493 e. The van der Waals surface area contributed by atoms with Crippen molar-refractivity contribution >= 4 is 35.1 Å². The van der Waals surface area contributed by atoms with Crippen LogP contribution in [0.3, 0.4) is 0 Å². The Morgan fingerprint density at radius 1 is 1.28 bits per heavy atom. The Morgan fingerprint density at radius 3 is 2.62 bits per heavy atom. The van der Waals surface area contributed by atoms with E-state index in [0.717, 1.165) is 12.0 Å². The number of benzene rings is 1. The topological polar surface area (TPSA) is 98.0 Å². The second-order valence-electron chi connectivity index (χ2n) is 7.16. The number of hydrogen-bond donors (Lipinski definition) is 0. The van der Waals surface area contributed by atoms with Gasteiger partial charge in [-0.3, -0.25) is 14.9 Å². The molecule has 1 fully saturated rings. The van der Waals surface area contributed by atoms with Crippen molar-refractivity contribution in [3.63, 3.8) is 0 Å². The molecule has 10 heteroatoms. The van der Waals surface area contributed by atoms with Crippen molar-refractivity contribution in [2.75, 3.05) is 44.8 Å². The number of ether oxygens (including phenoxy) is 2. The van der Waals surface area contributed by atoms with Crippen molar-refractivity contribution in [1.82, 2.24) is 9.88 Å². The highest BCUT2D eigenvalue weighted by molar-refractivity contribution is 6.32. The van der Waals surface area contributed by atoms with Gasteiger partial charge >= 0.3 is 0 Å². The van der Waals surface area contributed by atoms with Crippen LogP contribution in [0.2, 0.25) is 5.02 Å². The first-order valence-electron chi connectivity index (χ1n) is 10.3. The normalized spacial score (nSPS) is 14.0. The first-order valence-corrected chi connectivity index (χ1v) is 10.6. The quantitative estimate of drug-likeness (QED) is 0.335. The van der Waals surface area contributed by atoms with Crippen LogP contribution in [0.15, 0.2) is 36.5 Å². The molecule has 0 atom stereocenters. The van der Waals surface area contributed by atoms with Gasteiger partial charge in [-0.1, -0.05) is 18.5 Å². The summed E-state index contributed by atoms with van der Waals surface area (Å²) in [7, 11) is 1.54. The lowest BCUT2D eigenvalue weighted by Crippen LogP contribution is -2.48. The van der Waals surface area contributed by atoms with Crippen molar-refractivity contribution in [2.45, 2.75) is 13.3 Å². The molecule has 2 aromatic rings. The van der Waals surface area contributed by atoms with Crippen LogP contribution in [0.1, 0.15) is 18.9 Å². The number of amides is 1. The predicted octanol–water partition coefficient (Wildman–Crippen LogP) is 3.80. The number of nitro groups is 1. The molecule has 170 valence electrons. The van der Waals surface area contributed by atoms with E-state index in [1.165, 1.54) is 18.3 Å². The molecule has 0 aliphatic carbocycles. The highest BCUT2D eigenvalue weighted by atomic mass is 35.5. The monoisotopic (exact) mass is 460 g/mol. The van der Waals surface area contributed by atoms with Crippen LogP contribution in [0, 0.1) is 10.1 Å². The highest BCUT2D eigenvalue weighted by Crippen LogP contribution is 2.36. The van der Waals surface area contributed by atoms with Crippen molar-refractivity contribution < 1.29 is 19.2 Å². The van der Waals surface area contributed by atoms with E-state index >= 15 is 0 Å². The highest BCUT2D eigenvalue weighted by Gasteiger charge is 2.21. The Balaban J connectivity index is 1.59. The lowest BCUT2D eigenvalue weighted by atomic mass is 10.1. The summed E-state index contributed by atoms with van der Waals surface area (Å²) < 4.78 is 11.0. The van der Waals surface area contributed by atoms with Crippen LogP contribution >= 0.6 is 11.6 Å². The van der Waals surface area contributed by atoms with Crippen molar-refractivity contribution in [3.05, 3.63) is 57.2 Å². The third-order valence-electron chi connectivity index (χ3n) is 4.98. The molecule has 0 saturated carbocycles. The van der Waals surface area contributed by atoms with Crippen LogP contribution in [0.4, 0.5) is 11.5 Å². The maximum Gasteiger partial charge on any atom is 0.287 e. The number of aromatic nitrogens is 1. The number of nitrogens with zero attached hydrogens (tertiary/aromatic N) is 4. The van der Waals surface area contributed by atoms with Crippen molar-refractivity contribution in [3.8, 4) is 11.5 Å². The third-order valence-corrected chi connectivity index (χ3v) is 5.26. The fourth-order valence-corrected chi connectivity index (χ4v) is 3.56. The maximum atomic E-state index is 12.6. The Hall–Kier alpha value is -3.33.